The molecule has 2 rings (SSSR count). The zero-order valence-electron chi connectivity index (χ0n) is 12.7. The fraction of sp³-hybridized carbons (Fsp3) is 1.00. The van der Waals surface area contributed by atoms with Crippen molar-refractivity contribution < 1.29 is 8.42 Å². The topological polar surface area (TPSA) is 55.9 Å². The van der Waals surface area contributed by atoms with Crippen LogP contribution in [0.3, 0.4) is 0 Å². The van der Waals surface area contributed by atoms with Crippen LogP contribution in [-0.4, -0.2) is 80.8 Å². The van der Waals surface area contributed by atoms with Crippen LogP contribution < -0.4 is 5.32 Å². The Balaban J connectivity index is 1.83. The number of hydrogen-bond donors (Lipinski definition) is 1. The van der Waals surface area contributed by atoms with E-state index in [1.165, 1.54) is 6.42 Å². The predicted octanol–water partition coefficient (Wildman–Crippen LogP) is -0.200. The first-order valence-corrected chi connectivity index (χ1v) is 9.08. The van der Waals surface area contributed by atoms with E-state index >= 15 is 0 Å². The van der Waals surface area contributed by atoms with Gasteiger partial charge in [0, 0.05) is 52.4 Å². The van der Waals surface area contributed by atoms with Crippen LogP contribution in [0.5, 0.6) is 0 Å². The second kappa shape index (κ2) is 7.17. The summed E-state index contributed by atoms with van der Waals surface area (Å²) in [7, 11) is -3.24. The van der Waals surface area contributed by atoms with Gasteiger partial charge in [-0.15, -0.1) is 0 Å². The van der Waals surface area contributed by atoms with Gasteiger partial charge in [0.15, 0.2) is 0 Å². The van der Waals surface area contributed by atoms with Crippen molar-refractivity contribution >= 4 is 10.2 Å². The van der Waals surface area contributed by atoms with Crippen molar-refractivity contribution in [3.63, 3.8) is 0 Å². The molecule has 0 unspecified atom stereocenters. The first-order valence-electron chi connectivity index (χ1n) is 7.68. The molecule has 2 aliphatic rings. The average molecular weight is 304 g/mol. The van der Waals surface area contributed by atoms with E-state index in [1.54, 1.807) is 8.61 Å². The van der Waals surface area contributed by atoms with E-state index in [9.17, 15) is 8.42 Å². The van der Waals surface area contributed by atoms with E-state index in [2.05, 4.69) is 24.1 Å². The zero-order chi connectivity index (χ0) is 14.6. The van der Waals surface area contributed by atoms with Crippen molar-refractivity contribution in [1.82, 2.24) is 18.8 Å². The van der Waals surface area contributed by atoms with Crippen molar-refractivity contribution in [2.24, 2.45) is 5.92 Å². The van der Waals surface area contributed by atoms with Gasteiger partial charge < -0.3 is 10.2 Å². The zero-order valence-corrected chi connectivity index (χ0v) is 13.5. The Morgan fingerprint density at radius 2 is 1.50 bits per heavy atom. The molecular formula is C13H28N4O2S. The number of piperazine rings is 2. The summed E-state index contributed by atoms with van der Waals surface area (Å²) in [5.74, 6) is 0.706. The third-order valence-electron chi connectivity index (χ3n) is 4.08. The maximum atomic E-state index is 12.5. The highest BCUT2D eigenvalue weighted by Crippen LogP contribution is 2.13. The molecule has 0 atom stereocenters. The Hall–Kier alpha value is -0.210. The molecule has 0 saturated carbocycles. The number of nitrogens with zero attached hydrogens (tertiary/aromatic N) is 3. The summed E-state index contributed by atoms with van der Waals surface area (Å²) < 4.78 is 28.3. The fourth-order valence-corrected chi connectivity index (χ4v) is 4.26. The summed E-state index contributed by atoms with van der Waals surface area (Å²) in [6.45, 7) is 11.2. The normalized spacial score (nSPS) is 24.4. The van der Waals surface area contributed by atoms with Gasteiger partial charge in [-0.25, -0.2) is 0 Å². The highest BCUT2D eigenvalue weighted by Gasteiger charge is 2.32. The van der Waals surface area contributed by atoms with E-state index in [1.807, 2.05) is 0 Å². The molecule has 6 nitrogen and oxygen atoms in total. The third-order valence-corrected chi connectivity index (χ3v) is 6.12. The smallest absolute Gasteiger partial charge is 0.282 e. The van der Waals surface area contributed by atoms with Gasteiger partial charge in [0.05, 0.1) is 0 Å². The minimum absolute atomic E-state index is 0.593. The van der Waals surface area contributed by atoms with Crippen molar-refractivity contribution in [3.05, 3.63) is 0 Å². The van der Waals surface area contributed by atoms with Crippen LogP contribution in [0.1, 0.15) is 20.3 Å². The number of hydrogen-bond acceptors (Lipinski definition) is 4. The molecule has 1 N–H and O–H groups in total. The summed E-state index contributed by atoms with van der Waals surface area (Å²) >= 11 is 0. The van der Waals surface area contributed by atoms with Gasteiger partial charge in [-0.3, -0.25) is 0 Å². The maximum absolute atomic E-state index is 12.5. The largest absolute Gasteiger partial charge is 0.314 e. The molecule has 0 radical (unpaired) electrons. The lowest BCUT2D eigenvalue weighted by Crippen LogP contribution is -2.56. The molecule has 0 aromatic heterocycles. The Morgan fingerprint density at radius 3 is 2.05 bits per heavy atom. The van der Waals surface area contributed by atoms with Crippen LogP contribution in [-0.2, 0) is 10.2 Å². The molecule has 0 aromatic carbocycles. The molecular weight excluding hydrogens is 276 g/mol. The molecule has 2 aliphatic heterocycles. The fourth-order valence-electron chi connectivity index (χ4n) is 2.66. The minimum atomic E-state index is -3.24. The molecule has 0 bridgehead atoms. The summed E-state index contributed by atoms with van der Waals surface area (Å²) in [5, 5.41) is 3.19. The summed E-state index contributed by atoms with van der Waals surface area (Å²) in [5.41, 5.74) is 0. The molecule has 0 spiro atoms. The quantitative estimate of drug-likeness (QED) is 0.764. The summed E-state index contributed by atoms with van der Waals surface area (Å²) in [6, 6.07) is 0. The average Bonchev–Trinajstić information content (AvgIpc) is 2.46. The minimum Gasteiger partial charge on any atom is -0.314 e. The lowest BCUT2D eigenvalue weighted by atomic mass is 10.1. The van der Waals surface area contributed by atoms with Crippen LogP contribution in [0.15, 0.2) is 0 Å². The molecule has 2 saturated heterocycles. The highest BCUT2D eigenvalue weighted by atomic mass is 32.2. The molecule has 0 aliphatic carbocycles. The van der Waals surface area contributed by atoms with E-state index in [0.717, 1.165) is 32.7 Å². The molecule has 0 aromatic rings. The summed E-state index contributed by atoms with van der Waals surface area (Å²) in [6.07, 6.45) is 1.19. The van der Waals surface area contributed by atoms with Gasteiger partial charge in [-0.1, -0.05) is 13.8 Å². The van der Waals surface area contributed by atoms with Gasteiger partial charge in [-0.05, 0) is 18.9 Å². The van der Waals surface area contributed by atoms with Crippen molar-refractivity contribution in [3.8, 4) is 0 Å². The van der Waals surface area contributed by atoms with Crippen LogP contribution in [0, 0.1) is 5.92 Å². The molecule has 2 heterocycles. The Labute approximate surface area is 123 Å². The lowest BCUT2D eigenvalue weighted by Gasteiger charge is -2.38. The Morgan fingerprint density at radius 1 is 0.950 bits per heavy atom. The van der Waals surface area contributed by atoms with Crippen molar-refractivity contribution in [2.75, 3.05) is 58.9 Å². The Bertz CT molecular complexity index is 385. The van der Waals surface area contributed by atoms with Gasteiger partial charge in [0.25, 0.3) is 10.2 Å². The van der Waals surface area contributed by atoms with E-state index in [4.69, 9.17) is 0 Å². The maximum Gasteiger partial charge on any atom is 0.282 e. The third kappa shape index (κ3) is 4.14. The first kappa shape index (κ1) is 16.2. The second-order valence-corrected chi connectivity index (χ2v) is 8.01. The monoisotopic (exact) mass is 304 g/mol. The van der Waals surface area contributed by atoms with Gasteiger partial charge >= 0.3 is 0 Å². The predicted molar refractivity (Wildman–Crippen MR) is 80.8 cm³/mol. The van der Waals surface area contributed by atoms with Crippen molar-refractivity contribution in [2.45, 2.75) is 20.3 Å². The standard InChI is InChI=1S/C13H28N4O2S/c1-13(2)3-6-15-9-11-17(12-10-15)20(18,19)16-7-4-14-5-8-16/h13-14H,3-12H2,1-2H3. The van der Waals surface area contributed by atoms with Gasteiger partial charge in [-0.2, -0.15) is 17.0 Å². The number of rotatable bonds is 5. The molecule has 7 heteroatoms. The van der Waals surface area contributed by atoms with Crippen LogP contribution in [0.25, 0.3) is 0 Å². The number of nitrogens with one attached hydrogen (secondary N) is 1. The van der Waals surface area contributed by atoms with E-state index < -0.39 is 10.2 Å². The lowest BCUT2D eigenvalue weighted by molar-refractivity contribution is 0.173. The Kier molecular flexibility index (Phi) is 5.80. The van der Waals surface area contributed by atoms with Crippen LogP contribution >= 0.6 is 0 Å². The molecule has 118 valence electrons. The van der Waals surface area contributed by atoms with Gasteiger partial charge in [0.2, 0.25) is 0 Å². The van der Waals surface area contributed by atoms with Crippen LogP contribution in [0.2, 0.25) is 0 Å². The second-order valence-electron chi connectivity index (χ2n) is 6.08. The molecule has 20 heavy (non-hydrogen) atoms. The highest BCUT2D eigenvalue weighted by molar-refractivity contribution is 7.86. The first-order chi connectivity index (χ1) is 9.50. The SMILES string of the molecule is CC(C)CCN1CCN(S(=O)(=O)N2CCNCC2)CC1. The van der Waals surface area contributed by atoms with E-state index in [-0.39, 0.29) is 0 Å². The molecule has 0 amide bonds. The van der Waals surface area contributed by atoms with Crippen molar-refractivity contribution in [1.29, 1.82) is 0 Å². The summed E-state index contributed by atoms with van der Waals surface area (Å²) in [4.78, 5) is 2.38. The van der Waals surface area contributed by atoms with Crippen LogP contribution in [0.4, 0.5) is 0 Å². The van der Waals surface area contributed by atoms with E-state index in [0.29, 0.717) is 32.1 Å². The van der Waals surface area contributed by atoms with Gasteiger partial charge in [0.1, 0.15) is 0 Å². The molecule has 2 fully saturated rings.